The van der Waals surface area contributed by atoms with Crippen LogP contribution < -0.4 is 5.32 Å². The van der Waals surface area contributed by atoms with Gasteiger partial charge in [0.15, 0.2) is 0 Å². The van der Waals surface area contributed by atoms with E-state index in [9.17, 15) is 9.59 Å². The second-order valence-electron chi connectivity index (χ2n) is 5.91. The number of methoxy groups -OCH3 is 1. The highest BCUT2D eigenvalue weighted by atomic mass is 16.5. The van der Waals surface area contributed by atoms with Crippen molar-refractivity contribution < 1.29 is 14.3 Å². The van der Waals surface area contributed by atoms with E-state index in [0.29, 0.717) is 13.1 Å². The summed E-state index contributed by atoms with van der Waals surface area (Å²) in [4.78, 5) is 25.7. The summed E-state index contributed by atoms with van der Waals surface area (Å²) in [5.74, 6) is -0.481. The number of ether oxygens (including phenoxy) is 1. The zero-order chi connectivity index (χ0) is 18.1. The molecule has 2 rings (SSSR count). The van der Waals surface area contributed by atoms with Gasteiger partial charge in [-0.05, 0) is 23.6 Å². The molecule has 0 fully saturated rings. The fourth-order valence-electron chi connectivity index (χ4n) is 2.52. The van der Waals surface area contributed by atoms with E-state index in [-0.39, 0.29) is 25.0 Å². The van der Waals surface area contributed by atoms with E-state index < -0.39 is 0 Å². The lowest BCUT2D eigenvalue weighted by molar-refractivity contribution is -0.142. The molecule has 5 nitrogen and oxygen atoms in total. The van der Waals surface area contributed by atoms with Gasteiger partial charge in [-0.1, -0.05) is 54.6 Å². The van der Waals surface area contributed by atoms with Gasteiger partial charge < -0.3 is 10.1 Å². The molecule has 0 aliphatic carbocycles. The lowest BCUT2D eigenvalue weighted by atomic mass is 10.1. The van der Waals surface area contributed by atoms with Crippen LogP contribution in [0.2, 0.25) is 0 Å². The molecule has 2 aromatic rings. The first-order chi connectivity index (χ1) is 12.1. The number of carbonyl (C=O) groups excluding carboxylic acids is 2. The maximum Gasteiger partial charge on any atom is 0.319 e. The number of nitrogens with one attached hydrogen (secondary N) is 1. The van der Waals surface area contributed by atoms with Crippen molar-refractivity contribution >= 4 is 11.9 Å². The minimum Gasteiger partial charge on any atom is -0.468 e. The molecular weight excluding hydrogens is 316 g/mol. The van der Waals surface area contributed by atoms with E-state index >= 15 is 0 Å². The third-order valence-corrected chi connectivity index (χ3v) is 3.93. The summed E-state index contributed by atoms with van der Waals surface area (Å²) >= 11 is 0. The van der Waals surface area contributed by atoms with Crippen molar-refractivity contribution in [2.45, 2.75) is 20.0 Å². The highest BCUT2D eigenvalue weighted by Gasteiger charge is 2.15. The molecule has 1 N–H and O–H groups in total. The maximum absolute atomic E-state index is 12.3. The topological polar surface area (TPSA) is 58.6 Å². The van der Waals surface area contributed by atoms with E-state index in [1.54, 1.807) is 4.90 Å². The van der Waals surface area contributed by atoms with E-state index in [4.69, 9.17) is 4.74 Å². The highest BCUT2D eigenvalue weighted by Crippen LogP contribution is 2.07. The Morgan fingerprint density at radius 1 is 1.00 bits per heavy atom. The van der Waals surface area contributed by atoms with Crippen LogP contribution in [0.5, 0.6) is 0 Å². The first-order valence-electron chi connectivity index (χ1n) is 8.23. The second kappa shape index (κ2) is 9.59. The molecule has 0 saturated carbocycles. The number of hydrogen-bond acceptors (Lipinski definition) is 4. The number of hydrogen-bond donors (Lipinski definition) is 1. The summed E-state index contributed by atoms with van der Waals surface area (Å²) in [5.41, 5.74) is 3.26. The molecule has 0 aliphatic rings. The molecular formula is C20H24N2O3. The van der Waals surface area contributed by atoms with Gasteiger partial charge in [0.1, 0.15) is 0 Å². The molecule has 0 heterocycles. The van der Waals surface area contributed by atoms with Gasteiger partial charge in [0.25, 0.3) is 0 Å². The van der Waals surface area contributed by atoms with Crippen LogP contribution in [0, 0.1) is 6.92 Å². The van der Waals surface area contributed by atoms with E-state index in [1.807, 2.05) is 61.5 Å². The molecule has 0 radical (unpaired) electrons. The van der Waals surface area contributed by atoms with Crippen LogP contribution in [0.1, 0.15) is 16.7 Å². The number of benzene rings is 2. The summed E-state index contributed by atoms with van der Waals surface area (Å²) in [5, 5.41) is 2.91. The number of aryl methyl sites for hydroxylation is 1. The summed E-state index contributed by atoms with van der Waals surface area (Å²) in [6.45, 7) is 3.20. The monoisotopic (exact) mass is 340 g/mol. The second-order valence-corrected chi connectivity index (χ2v) is 5.91. The minimum absolute atomic E-state index is 0.0726. The number of esters is 1. The zero-order valence-corrected chi connectivity index (χ0v) is 14.7. The Morgan fingerprint density at radius 2 is 1.68 bits per heavy atom. The Labute approximate surface area is 148 Å². The van der Waals surface area contributed by atoms with Gasteiger partial charge in [0.2, 0.25) is 5.91 Å². The van der Waals surface area contributed by atoms with E-state index in [1.165, 1.54) is 7.11 Å². The average molecular weight is 340 g/mol. The molecule has 0 aromatic heterocycles. The number of carbonyl (C=O) groups is 2. The predicted molar refractivity (Wildman–Crippen MR) is 96.8 cm³/mol. The molecule has 1 amide bonds. The van der Waals surface area contributed by atoms with Crippen LogP contribution in [0.3, 0.4) is 0 Å². The van der Waals surface area contributed by atoms with Crippen molar-refractivity contribution in [1.29, 1.82) is 0 Å². The molecule has 132 valence electrons. The van der Waals surface area contributed by atoms with Crippen LogP contribution in [-0.4, -0.2) is 37.0 Å². The van der Waals surface area contributed by atoms with Crippen molar-refractivity contribution in [2.75, 3.05) is 20.2 Å². The van der Waals surface area contributed by atoms with Crippen LogP contribution in [0.25, 0.3) is 0 Å². The SMILES string of the molecule is COC(=O)CN(CC(=O)NCc1ccccc1C)Cc1ccccc1. The van der Waals surface area contributed by atoms with Crippen LogP contribution in [0.15, 0.2) is 54.6 Å². The summed E-state index contributed by atoms with van der Waals surface area (Å²) < 4.78 is 4.73. The number of rotatable bonds is 8. The summed E-state index contributed by atoms with van der Waals surface area (Å²) in [7, 11) is 1.35. The zero-order valence-electron chi connectivity index (χ0n) is 14.7. The molecule has 0 saturated heterocycles. The third-order valence-electron chi connectivity index (χ3n) is 3.93. The predicted octanol–water partition coefficient (Wildman–Crippen LogP) is 2.29. The summed E-state index contributed by atoms with van der Waals surface area (Å²) in [6.07, 6.45) is 0. The van der Waals surface area contributed by atoms with Gasteiger partial charge in [-0.3, -0.25) is 14.5 Å². The molecule has 5 heteroatoms. The first kappa shape index (κ1) is 18.7. The Morgan fingerprint density at radius 3 is 2.36 bits per heavy atom. The van der Waals surface area contributed by atoms with Gasteiger partial charge >= 0.3 is 5.97 Å². The maximum atomic E-state index is 12.3. The fraction of sp³-hybridized carbons (Fsp3) is 0.300. The Bertz CT molecular complexity index is 701. The highest BCUT2D eigenvalue weighted by molar-refractivity contribution is 5.79. The van der Waals surface area contributed by atoms with Crippen molar-refractivity contribution in [3.8, 4) is 0 Å². The van der Waals surface area contributed by atoms with E-state index in [2.05, 4.69) is 5.32 Å². The van der Waals surface area contributed by atoms with Crippen LogP contribution in [0.4, 0.5) is 0 Å². The molecule has 0 spiro atoms. The quantitative estimate of drug-likeness (QED) is 0.749. The lowest BCUT2D eigenvalue weighted by Gasteiger charge is -2.20. The van der Waals surface area contributed by atoms with Crippen molar-refractivity contribution in [3.63, 3.8) is 0 Å². The first-order valence-corrected chi connectivity index (χ1v) is 8.23. The minimum atomic E-state index is -0.359. The molecule has 0 atom stereocenters. The number of amides is 1. The van der Waals surface area contributed by atoms with Gasteiger partial charge in [0, 0.05) is 13.1 Å². The average Bonchev–Trinajstić information content (AvgIpc) is 2.61. The smallest absolute Gasteiger partial charge is 0.319 e. The molecule has 0 unspecified atom stereocenters. The molecule has 0 aliphatic heterocycles. The Balaban J connectivity index is 1.94. The van der Waals surface area contributed by atoms with Crippen molar-refractivity contribution in [1.82, 2.24) is 10.2 Å². The summed E-state index contributed by atoms with van der Waals surface area (Å²) in [6, 6.07) is 17.7. The van der Waals surface area contributed by atoms with Crippen LogP contribution >= 0.6 is 0 Å². The van der Waals surface area contributed by atoms with Crippen molar-refractivity contribution in [2.24, 2.45) is 0 Å². The van der Waals surface area contributed by atoms with Gasteiger partial charge in [-0.25, -0.2) is 0 Å². The third kappa shape index (κ3) is 6.39. The molecule has 25 heavy (non-hydrogen) atoms. The normalized spacial score (nSPS) is 10.5. The fourth-order valence-corrected chi connectivity index (χ4v) is 2.52. The largest absolute Gasteiger partial charge is 0.468 e. The van der Waals surface area contributed by atoms with Gasteiger partial charge in [-0.2, -0.15) is 0 Å². The molecule has 2 aromatic carbocycles. The lowest BCUT2D eigenvalue weighted by Crippen LogP contribution is -2.39. The van der Waals surface area contributed by atoms with Crippen LogP contribution in [-0.2, 0) is 27.4 Å². The van der Waals surface area contributed by atoms with Gasteiger partial charge in [0.05, 0.1) is 20.2 Å². The molecule has 0 bridgehead atoms. The standard InChI is InChI=1S/C20H24N2O3/c1-16-8-6-7-11-18(16)12-21-19(23)14-22(15-20(24)25-2)13-17-9-4-3-5-10-17/h3-11H,12-15H2,1-2H3,(H,21,23). The van der Waals surface area contributed by atoms with Crippen molar-refractivity contribution in [3.05, 3.63) is 71.3 Å². The Hall–Kier alpha value is -2.66. The number of nitrogens with zero attached hydrogens (tertiary/aromatic N) is 1. The van der Waals surface area contributed by atoms with E-state index in [0.717, 1.165) is 16.7 Å². The van der Waals surface area contributed by atoms with Gasteiger partial charge in [-0.15, -0.1) is 0 Å². The Kier molecular flexibility index (Phi) is 7.16.